The first-order valence-electron chi connectivity index (χ1n) is 8.72. The molecule has 140 valence electrons. The van der Waals surface area contributed by atoms with Crippen LogP contribution in [0.2, 0.25) is 0 Å². The van der Waals surface area contributed by atoms with Crippen molar-refractivity contribution in [2.75, 3.05) is 31.3 Å². The molecular formula is C18H22N2O6. The molecule has 1 saturated heterocycles. The van der Waals surface area contributed by atoms with Gasteiger partial charge in [-0.1, -0.05) is 0 Å². The molecule has 3 rings (SSSR count). The lowest BCUT2D eigenvalue weighted by Gasteiger charge is -2.22. The summed E-state index contributed by atoms with van der Waals surface area (Å²) in [5.41, 5.74) is 0.711. The van der Waals surface area contributed by atoms with Crippen LogP contribution in [-0.2, 0) is 19.1 Å². The minimum absolute atomic E-state index is 0.0339. The first-order valence-corrected chi connectivity index (χ1v) is 8.72. The van der Waals surface area contributed by atoms with Gasteiger partial charge in [-0.05, 0) is 19.1 Å². The van der Waals surface area contributed by atoms with Crippen LogP contribution in [0, 0.1) is 0 Å². The van der Waals surface area contributed by atoms with Gasteiger partial charge in [0.15, 0.2) is 11.5 Å². The number of hydrogen-bond donors (Lipinski definition) is 1. The summed E-state index contributed by atoms with van der Waals surface area (Å²) in [6, 6.07) is 5.07. The Balaban J connectivity index is 1.55. The molecule has 1 N–H and O–H groups in total. The van der Waals surface area contributed by atoms with Gasteiger partial charge in [-0.3, -0.25) is 14.4 Å². The van der Waals surface area contributed by atoms with Gasteiger partial charge in [0.2, 0.25) is 11.8 Å². The largest absolute Gasteiger partial charge is 0.486 e. The third kappa shape index (κ3) is 4.25. The second-order valence-electron chi connectivity index (χ2n) is 6.11. The van der Waals surface area contributed by atoms with Crippen LogP contribution >= 0.6 is 0 Å². The molecule has 0 saturated carbocycles. The van der Waals surface area contributed by atoms with Crippen molar-refractivity contribution in [2.24, 2.45) is 0 Å². The minimum Gasteiger partial charge on any atom is -0.486 e. The standard InChI is InChI=1S/C18H22N2O6/c1-2-24-18(23)6-5-16(21)19-12-9-17(22)20(11-12)13-3-4-14-15(10-13)26-8-7-25-14/h3-4,10,12H,2,5-9,11H2,1H3,(H,19,21)/t12-/m1/s1. The zero-order valence-electron chi connectivity index (χ0n) is 14.7. The van der Waals surface area contributed by atoms with Crippen LogP contribution in [0.4, 0.5) is 5.69 Å². The summed E-state index contributed by atoms with van der Waals surface area (Å²) in [4.78, 5) is 37.2. The fourth-order valence-electron chi connectivity index (χ4n) is 3.00. The van der Waals surface area contributed by atoms with E-state index in [-0.39, 0.29) is 37.1 Å². The van der Waals surface area contributed by atoms with Crippen molar-refractivity contribution in [1.29, 1.82) is 0 Å². The predicted octanol–water partition coefficient (Wildman–Crippen LogP) is 1.02. The van der Waals surface area contributed by atoms with Crippen molar-refractivity contribution in [3.05, 3.63) is 18.2 Å². The first-order chi connectivity index (χ1) is 12.6. The molecular weight excluding hydrogens is 340 g/mol. The van der Waals surface area contributed by atoms with Gasteiger partial charge in [-0.25, -0.2) is 0 Å². The Kier molecular flexibility index (Phi) is 5.60. The van der Waals surface area contributed by atoms with E-state index in [4.69, 9.17) is 14.2 Å². The number of hydrogen-bond acceptors (Lipinski definition) is 6. The van der Waals surface area contributed by atoms with Gasteiger partial charge in [0.1, 0.15) is 13.2 Å². The van der Waals surface area contributed by atoms with E-state index in [1.165, 1.54) is 0 Å². The molecule has 2 aliphatic rings. The van der Waals surface area contributed by atoms with Gasteiger partial charge in [-0.15, -0.1) is 0 Å². The van der Waals surface area contributed by atoms with Gasteiger partial charge in [0.25, 0.3) is 0 Å². The number of ether oxygens (including phenoxy) is 3. The number of esters is 1. The number of carbonyl (C=O) groups excluding carboxylic acids is 3. The van der Waals surface area contributed by atoms with Crippen molar-refractivity contribution in [2.45, 2.75) is 32.2 Å². The average molecular weight is 362 g/mol. The summed E-state index contributed by atoms with van der Waals surface area (Å²) in [7, 11) is 0. The second-order valence-corrected chi connectivity index (χ2v) is 6.11. The Morgan fingerprint density at radius 1 is 1.23 bits per heavy atom. The highest BCUT2D eigenvalue weighted by molar-refractivity contribution is 5.97. The maximum Gasteiger partial charge on any atom is 0.306 e. The quantitative estimate of drug-likeness (QED) is 0.760. The van der Waals surface area contributed by atoms with Gasteiger partial charge in [-0.2, -0.15) is 0 Å². The van der Waals surface area contributed by atoms with E-state index in [9.17, 15) is 14.4 Å². The number of amides is 2. The van der Waals surface area contributed by atoms with Gasteiger partial charge in [0.05, 0.1) is 19.1 Å². The van der Waals surface area contributed by atoms with Crippen molar-refractivity contribution in [3.8, 4) is 11.5 Å². The van der Waals surface area contributed by atoms with Crippen molar-refractivity contribution < 1.29 is 28.6 Å². The summed E-state index contributed by atoms with van der Waals surface area (Å²) in [6.45, 7) is 3.37. The van der Waals surface area contributed by atoms with E-state index >= 15 is 0 Å². The molecule has 1 aromatic carbocycles. The second kappa shape index (κ2) is 8.07. The molecule has 0 spiro atoms. The molecule has 0 aromatic heterocycles. The fraction of sp³-hybridized carbons (Fsp3) is 0.500. The monoisotopic (exact) mass is 362 g/mol. The Labute approximate surface area is 151 Å². The lowest BCUT2D eigenvalue weighted by Crippen LogP contribution is -2.37. The summed E-state index contributed by atoms with van der Waals surface area (Å²) in [5, 5.41) is 2.80. The first kappa shape index (κ1) is 18.0. The van der Waals surface area contributed by atoms with Crippen LogP contribution < -0.4 is 19.7 Å². The summed E-state index contributed by atoms with van der Waals surface area (Å²) in [5.74, 6) is 0.541. The zero-order valence-corrected chi connectivity index (χ0v) is 14.7. The molecule has 1 aromatic rings. The Morgan fingerprint density at radius 3 is 2.77 bits per heavy atom. The number of carbonyl (C=O) groups is 3. The third-order valence-corrected chi connectivity index (χ3v) is 4.19. The van der Waals surface area contributed by atoms with E-state index in [2.05, 4.69) is 5.32 Å². The number of nitrogens with one attached hydrogen (secondary N) is 1. The SMILES string of the molecule is CCOC(=O)CCC(=O)N[C@@H]1CC(=O)N(c2ccc3c(c2)OCCO3)C1. The molecule has 8 heteroatoms. The normalized spacial score (nSPS) is 18.6. The molecule has 0 radical (unpaired) electrons. The molecule has 0 unspecified atom stereocenters. The average Bonchev–Trinajstić information content (AvgIpc) is 3.00. The molecule has 2 amide bonds. The predicted molar refractivity (Wildman–Crippen MR) is 92.2 cm³/mol. The molecule has 8 nitrogen and oxygen atoms in total. The number of fused-ring (bicyclic) bond motifs is 1. The highest BCUT2D eigenvalue weighted by Gasteiger charge is 2.32. The van der Waals surface area contributed by atoms with E-state index < -0.39 is 5.97 Å². The van der Waals surface area contributed by atoms with Gasteiger partial charge >= 0.3 is 5.97 Å². The van der Waals surface area contributed by atoms with Crippen molar-refractivity contribution >= 4 is 23.5 Å². The molecule has 2 aliphatic heterocycles. The van der Waals surface area contributed by atoms with Crippen LogP contribution in [0.15, 0.2) is 18.2 Å². The molecule has 1 atom stereocenters. The van der Waals surface area contributed by atoms with E-state index in [0.717, 1.165) is 0 Å². The zero-order chi connectivity index (χ0) is 18.5. The summed E-state index contributed by atoms with van der Waals surface area (Å²) >= 11 is 0. The highest BCUT2D eigenvalue weighted by atomic mass is 16.6. The molecule has 0 bridgehead atoms. The summed E-state index contributed by atoms with van der Waals surface area (Å²) < 4.78 is 15.8. The Morgan fingerprint density at radius 2 is 2.00 bits per heavy atom. The van der Waals surface area contributed by atoms with Crippen LogP contribution in [-0.4, -0.2) is 50.2 Å². The van der Waals surface area contributed by atoms with E-state index in [1.807, 2.05) is 0 Å². The minimum atomic E-state index is -0.400. The topological polar surface area (TPSA) is 94.2 Å². The third-order valence-electron chi connectivity index (χ3n) is 4.19. The van der Waals surface area contributed by atoms with Crippen LogP contribution in [0.3, 0.4) is 0 Å². The van der Waals surface area contributed by atoms with Crippen molar-refractivity contribution in [1.82, 2.24) is 5.32 Å². The van der Waals surface area contributed by atoms with Crippen LogP contribution in [0.25, 0.3) is 0 Å². The lowest BCUT2D eigenvalue weighted by molar-refractivity contribution is -0.144. The molecule has 2 heterocycles. The number of benzene rings is 1. The molecule has 26 heavy (non-hydrogen) atoms. The smallest absolute Gasteiger partial charge is 0.306 e. The fourth-order valence-corrected chi connectivity index (χ4v) is 3.00. The number of rotatable bonds is 6. The Hall–Kier alpha value is -2.77. The number of anilines is 1. The van der Waals surface area contributed by atoms with Crippen molar-refractivity contribution in [3.63, 3.8) is 0 Å². The van der Waals surface area contributed by atoms with E-state index in [0.29, 0.717) is 43.6 Å². The Bertz CT molecular complexity index is 705. The molecule has 1 fully saturated rings. The maximum absolute atomic E-state index is 12.3. The number of nitrogens with zero attached hydrogens (tertiary/aromatic N) is 1. The van der Waals surface area contributed by atoms with Gasteiger partial charge < -0.3 is 24.4 Å². The maximum atomic E-state index is 12.3. The van der Waals surface area contributed by atoms with E-state index in [1.54, 1.807) is 30.0 Å². The van der Waals surface area contributed by atoms with Crippen LogP contribution in [0.5, 0.6) is 11.5 Å². The molecule has 0 aliphatic carbocycles. The van der Waals surface area contributed by atoms with Crippen LogP contribution in [0.1, 0.15) is 26.2 Å². The van der Waals surface area contributed by atoms with Gasteiger partial charge in [0, 0.05) is 31.1 Å². The summed E-state index contributed by atoms with van der Waals surface area (Å²) in [6.07, 6.45) is 0.305. The lowest BCUT2D eigenvalue weighted by atomic mass is 10.2. The highest BCUT2D eigenvalue weighted by Crippen LogP contribution is 2.35.